The predicted molar refractivity (Wildman–Crippen MR) is 80.3 cm³/mol. The van der Waals surface area contributed by atoms with Gasteiger partial charge in [-0.25, -0.2) is 0 Å². The van der Waals surface area contributed by atoms with Crippen molar-refractivity contribution in [3.05, 3.63) is 23.2 Å². The van der Waals surface area contributed by atoms with Gasteiger partial charge in [-0.05, 0) is 25.5 Å². The topological polar surface area (TPSA) is 73.6 Å². The smallest absolute Gasteiger partial charge is 0.224 e. The number of para-hydroxylation sites is 1. The Bertz CT molecular complexity index is 438. The molecule has 1 atom stereocenters. The van der Waals surface area contributed by atoms with E-state index in [1.54, 1.807) is 25.3 Å². The highest BCUT2D eigenvalue weighted by Gasteiger charge is 2.11. The SMILES string of the molecule is COCCOc1c(Cl)cccc1NC(=O)CCC(C)N. The van der Waals surface area contributed by atoms with E-state index in [0.29, 0.717) is 42.5 Å². The molecule has 3 N–H and O–H groups in total. The van der Waals surface area contributed by atoms with Crippen LogP contribution in [-0.4, -0.2) is 32.3 Å². The van der Waals surface area contributed by atoms with E-state index in [9.17, 15) is 4.79 Å². The lowest BCUT2D eigenvalue weighted by atomic mass is 10.2. The highest BCUT2D eigenvalue weighted by molar-refractivity contribution is 6.32. The fourth-order valence-corrected chi connectivity index (χ4v) is 1.78. The summed E-state index contributed by atoms with van der Waals surface area (Å²) in [5, 5.41) is 3.24. The molecule has 0 heterocycles. The molecule has 0 radical (unpaired) electrons. The molecular weight excluding hydrogens is 280 g/mol. The van der Waals surface area contributed by atoms with Crippen molar-refractivity contribution in [2.75, 3.05) is 25.6 Å². The first kappa shape index (κ1) is 16.8. The van der Waals surface area contributed by atoms with E-state index in [1.807, 2.05) is 6.92 Å². The van der Waals surface area contributed by atoms with Gasteiger partial charge in [-0.1, -0.05) is 17.7 Å². The first-order chi connectivity index (χ1) is 9.54. The molecule has 1 aromatic carbocycles. The summed E-state index contributed by atoms with van der Waals surface area (Å²) in [5.74, 6) is 0.349. The number of rotatable bonds is 8. The van der Waals surface area contributed by atoms with Gasteiger partial charge in [0.25, 0.3) is 0 Å². The van der Waals surface area contributed by atoms with E-state index < -0.39 is 0 Å². The summed E-state index contributed by atoms with van der Waals surface area (Å²) in [4.78, 5) is 11.8. The second-order valence-corrected chi connectivity index (χ2v) is 4.93. The van der Waals surface area contributed by atoms with Crippen LogP contribution in [0, 0.1) is 0 Å². The Morgan fingerprint density at radius 2 is 2.20 bits per heavy atom. The molecule has 1 amide bonds. The zero-order chi connectivity index (χ0) is 15.0. The van der Waals surface area contributed by atoms with Gasteiger partial charge < -0.3 is 20.5 Å². The summed E-state index contributed by atoms with van der Waals surface area (Å²) >= 11 is 6.08. The lowest BCUT2D eigenvalue weighted by Gasteiger charge is -2.14. The zero-order valence-corrected chi connectivity index (χ0v) is 12.6. The predicted octanol–water partition coefficient (Wildman–Crippen LogP) is 2.43. The summed E-state index contributed by atoms with van der Waals surface area (Å²) in [7, 11) is 1.59. The molecule has 0 aliphatic heterocycles. The summed E-state index contributed by atoms with van der Waals surface area (Å²) < 4.78 is 10.5. The van der Waals surface area contributed by atoms with Crippen molar-refractivity contribution in [2.45, 2.75) is 25.8 Å². The number of amides is 1. The van der Waals surface area contributed by atoms with Crippen LogP contribution in [0.2, 0.25) is 5.02 Å². The maximum absolute atomic E-state index is 11.8. The van der Waals surface area contributed by atoms with E-state index in [-0.39, 0.29) is 11.9 Å². The van der Waals surface area contributed by atoms with Gasteiger partial charge in [-0.3, -0.25) is 4.79 Å². The first-order valence-corrected chi connectivity index (χ1v) is 6.88. The van der Waals surface area contributed by atoms with Crippen LogP contribution in [0.1, 0.15) is 19.8 Å². The minimum Gasteiger partial charge on any atom is -0.487 e. The average Bonchev–Trinajstić information content (AvgIpc) is 2.39. The minimum atomic E-state index is -0.110. The van der Waals surface area contributed by atoms with Crippen molar-refractivity contribution in [1.82, 2.24) is 0 Å². The number of carbonyl (C=O) groups excluding carboxylic acids is 1. The van der Waals surface area contributed by atoms with Crippen molar-refractivity contribution in [2.24, 2.45) is 5.73 Å². The van der Waals surface area contributed by atoms with E-state index >= 15 is 0 Å². The number of anilines is 1. The molecule has 5 nitrogen and oxygen atoms in total. The average molecular weight is 301 g/mol. The van der Waals surface area contributed by atoms with Gasteiger partial charge >= 0.3 is 0 Å². The van der Waals surface area contributed by atoms with Gasteiger partial charge in [0.1, 0.15) is 6.61 Å². The molecule has 1 aromatic rings. The van der Waals surface area contributed by atoms with Crippen LogP contribution in [-0.2, 0) is 9.53 Å². The Morgan fingerprint density at radius 3 is 2.85 bits per heavy atom. The van der Waals surface area contributed by atoms with Crippen molar-refractivity contribution in [1.29, 1.82) is 0 Å². The van der Waals surface area contributed by atoms with Crippen LogP contribution >= 0.6 is 11.6 Å². The van der Waals surface area contributed by atoms with Crippen molar-refractivity contribution >= 4 is 23.2 Å². The van der Waals surface area contributed by atoms with Crippen LogP contribution in [0.3, 0.4) is 0 Å². The van der Waals surface area contributed by atoms with Crippen LogP contribution in [0.5, 0.6) is 5.75 Å². The minimum absolute atomic E-state index is 0.00228. The third kappa shape index (κ3) is 5.77. The zero-order valence-electron chi connectivity index (χ0n) is 11.8. The fraction of sp³-hybridized carbons (Fsp3) is 0.500. The molecule has 0 aromatic heterocycles. The van der Waals surface area contributed by atoms with Crippen LogP contribution in [0.4, 0.5) is 5.69 Å². The third-order valence-electron chi connectivity index (χ3n) is 2.60. The van der Waals surface area contributed by atoms with Crippen molar-refractivity contribution < 1.29 is 14.3 Å². The van der Waals surface area contributed by atoms with E-state index in [0.717, 1.165) is 0 Å². The molecule has 0 aliphatic rings. The number of nitrogens with two attached hydrogens (primary N) is 1. The Hall–Kier alpha value is -1.30. The van der Waals surface area contributed by atoms with Gasteiger partial charge in [0.05, 0.1) is 17.3 Å². The largest absolute Gasteiger partial charge is 0.487 e. The molecule has 0 saturated heterocycles. The number of methoxy groups -OCH3 is 1. The lowest BCUT2D eigenvalue weighted by molar-refractivity contribution is -0.116. The van der Waals surface area contributed by atoms with Gasteiger partial charge in [0.2, 0.25) is 5.91 Å². The Kier molecular flexibility index (Phi) is 7.36. The maximum atomic E-state index is 11.8. The number of halogens is 1. The Labute approximate surface area is 124 Å². The highest BCUT2D eigenvalue weighted by Crippen LogP contribution is 2.33. The van der Waals surface area contributed by atoms with Gasteiger partial charge in [-0.15, -0.1) is 0 Å². The van der Waals surface area contributed by atoms with E-state index in [2.05, 4.69) is 5.32 Å². The summed E-state index contributed by atoms with van der Waals surface area (Å²) in [5.41, 5.74) is 6.19. The number of benzene rings is 1. The summed E-state index contributed by atoms with van der Waals surface area (Å²) in [6.45, 7) is 2.68. The van der Waals surface area contributed by atoms with Crippen LogP contribution in [0.25, 0.3) is 0 Å². The molecule has 20 heavy (non-hydrogen) atoms. The van der Waals surface area contributed by atoms with Crippen LogP contribution in [0.15, 0.2) is 18.2 Å². The molecule has 1 rings (SSSR count). The lowest BCUT2D eigenvalue weighted by Crippen LogP contribution is -2.20. The molecule has 1 unspecified atom stereocenters. The highest BCUT2D eigenvalue weighted by atomic mass is 35.5. The van der Waals surface area contributed by atoms with Gasteiger partial charge in [0.15, 0.2) is 5.75 Å². The number of nitrogens with one attached hydrogen (secondary N) is 1. The van der Waals surface area contributed by atoms with Crippen molar-refractivity contribution in [3.63, 3.8) is 0 Å². The van der Waals surface area contributed by atoms with Crippen LogP contribution < -0.4 is 15.8 Å². The Balaban J connectivity index is 2.68. The van der Waals surface area contributed by atoms with Crippen molar-refractivity contribution in [3.8, 4) is 5.75 Å². The molecular formula is C14H21ClN2O3. The molecule has 0 fully saturated rings. The molecule has 0 spiro atoms. The molecule has 112 valence electrons. The van der Waals surface area contributed by atoms with Gasteiger partial charge in [-0.2, -0.15) is 0 Å². The number of hydrogen-bond acceptors (Lipinski definition) is 4. The Morgan fingerprint density at radius 1 is 1.45 bits per heavy atom. The quantitative estimate of drug-likeness (QED) is 0.723. The first-order valence-electron chi connectivity index (χ1n) is 6.50. The number of ether oxygens (including phenoxy) is 2. The standard InChI is InChI=1S/C14H21ClN2O3/c1-10(16)6-7-13(18)17-12-5-3-4-11(15)14(12)20-9-8-19-2/h3-5,10H,6-9,16H2,1-2H3,(H,17,18). The monoisotopic (exact) mass is 300 g/mol. The van der Waals surface area contributed by atoms with E-state index in [4.69, 9.17) is 26.8 Å². The molecule has 6 heteroatoms. The normalized spacial score (nSPS) is 12.0. The summed E-state index contributed by atoms with van der Waals surface area (Å²) in [6.07, 6.45) is 0.994. The second kappa shape index (κ2) is 8.79. The fourth-order valence-electron chi connectivity index (χ4n) is 1.55. The molecule has 0 bridgehead atoms. The third-order valence-corrected chi connectivity index (χ3v) is 2.90. The summed E-state index contributed by atoms with van der Waals surface area (Å²) in [6, 6.07) is 5.21. The number of hydrogen-bond donors (Lipinski definition) is 2. The molecule has 0 saturated carbocycles. The van der Waals surface area contributed by atoms with Gasteiger partial charge in [0, 0.05) is 19.6 Å². The van der Waals surface area contributed by atoms with E-state index in [1.165, 1.54) is 0 Å². The number of carbonyl (C=O) groups is 1. The second-order valence-electron chi connectivity index (χ2n) is 4.52. The maximum Gasteiger partial charge on any atom is 0.224 e. The molecule has 0 aliphatic carbocycles.